The zero-order chi connectivity index (χ0) is 15.3. The average molecular weight is 358 g/mol. The maximum atomic E-state index is 11.1. The monoisotopic (exact) mass is 358 g/mol. The van der Waals surface area contributed by atoms with Crippen LogP contribution in [0.15, 0.2) is 10.8 Å². The van der Waals surface area contributed by atoms with Gasteiger partial charge in [-0.25, -0.2) is 8.42 Å². The Morgan fingerprint density at radius 2 is 2.14 bits per heavy atom. The van der Waals surface area contributed by atoms with E-state index in [1.165, 1.54) is 11.3 Å². The summed E-state index contributed by atoms with van der Waals surface area (Å²) < 4.78 is 49.8. The van der Waals surface area contributed by atoms with Crippen molar-refractivity contribution in [3.8, 4) is 11.5 Å². The number of hydrogen-bond acceptors (Lipinski definition) is 7. The van der Waals surface area contributed by atoms with Crippen LogP contribution in [-0.2, 0) is 14.9 Å². The smallest absolute Gasteiger partial charge is 0.748 e. The third-order valence-corrected chi connectivity index (χ3v) is 5.21. The second kappa shape index (κ2) is 9.46. The normalized spacial score (nSPS) is 18.5. The van der Waals surface area contributed by atoms with Crippen molar-refractivity contribution in [2.75, 3.05) is 19.8 Å². The molecule has 0 fully saturated rings. The fraction of sp³-hybridized carbons (Fsp3) is 0.692. The molecule has 22 heavy (non-hydrogen) atoms. The van der Waals surface area contributed by atoms with Gasteiger partial charge in [-0.2, -0.15) is 0 Å². The third kappa shape index (κ3) is 5.99. The summed E-state index contributed by atoms with van der Waals surface area (Å²) in [5, 5.41) is 2.87. The van der Waals surface area contributed by atoms with Crippen molar-refractivity contribution in [2.24, 2.45) is 0 Å². The van der Waals surface area contributed by atoms with E-state index in [4.69, 9.17) is 14.2 Å². The zero-order valence-corrected chi connectivity index (χ0v) is 16.5. The molecule has 120 valence electrons. The van der Waals surface area contributed by atoms with Crippen molar-refractivity contribution < 1.29 is 56.7 Å². The molecule has 2 heterocycles. The first kappa shape index (κ1) is 20.2. The van der Waals surface area contributed by atoms with E-state index >= 15 is 0 Å². The molecule has 0 N–H and O–H groups in total. The topological polar surface area (TPSA) is 84.9 Å². The Kier molecular flexibility index (Phi) is 8.69. The summed E-state index contributed by atoms with van der Waals surface area (Å²) in [5.74, 6) is 1.46. The molecule has 0 aliphatic carbocycles. The standard InChI is InChI=1S/C13H20O6S2.Na/c1-2-3-11(21(14,15)16)4-5-17-6-10-7-18-12-8-20-9-13(12)19-10;/h8-11H,2-7H2,1H3,(H,14,15,16);/q;+1/p-1. The molecule has 2 atom stereocenters. The van der Waals surface area contributed by atoms with E-state index in [0.29, 0.717) is 31.8 Å². The van der Waals surface area contributed by atoms with Crippen molar-refractivity contribution in [2.45, 2.75) is 37.5 Å². The van der Waals surface area contributed by atoms with Crippen LogP contribution in [0.25, 0.3) is 0 Å². The average Bonchev–Trinajstić information content (AvgIpc) is 2.88. The maximum Gasteiger partial charge on any atom is 1.00 e. The Labute approximate surface area is 157 Å². The van der Waals surface area contributed by atoms with Crippen LogP contribution < -0.4 is 39.0 Å². The fourth-order valence-electron chi connectivity index (χ4n) is 2.13. The SMILES string of the molecule is CCCC(CCOCC1COc2cscc2O1)S(=O)(=O)[O-].[Na+]. The molecule has 2 unspecified atom stereocenters. The predicted octanol–water partition coefficient (Wildman–Crippen LogP) is -0.987. The number of rotatable bonds is 8. The van der Waals surface area contributed by atoms with Gasteiger partial charge >= 0.3 is 29.6 Å². The van der Waals surface area contributed by atoms with Crippen LogP contribution in [0.1, 0.15) is 26.2 Å². The minimum Gasteiger partial charge on any atom is -0.748 e. The maximum absolute atomic E-state index is 11.1. The van der Waals surface area contributed by atoms with Gasteiger partial charge in [0.05, 0.1) is 22.0 Å². The molecule has 0 saturated carbocycles. The summed E-state index contributed by atoms with van der Waals surface area (Å²) in [6.07, 6.45) is 1.04. The van der Waals surface area contributed by atoms with Gasteiger partial charge in [-0.15, -0.1) is 11.3 Å². The van der Waals surface area contributed by atoms with E-state index in [1.54, 1.807) is 0 Å². The van der Waals surface area contributed by atoms with Crippen molar-refractivity contribution in [3.63, 3.8) is 0 Å². The Hall–Kier alpha value is 0.170. The van der Waals surface area contributed by atoms with Crippen molar-refractivity contribution in [1.82, 2.24) is 0 Å². The minimum absolute atomic E-state index is 0. The van der Waals surface area contributed by atoms with E-state index in [-0.39, 0.29) is 48.7 Å². The quantitative estimate of drug-likeness (QED) is 0.337. The van der Waals surface area contributed by atoms with Crippen LogP contribution in [0, 0.1) is 0 Å². The van der Waals surface area contributed by atoms with Crippen LogP contribution in [0.3, 0.4) is 0 Å². The molecule has 1 aliphatic heterocycles. The zero-order valence-electron chi connectivity index (χ0n) is 12.8. The van der Waals surface area contributed by atoms with Gasteiger partial charge in [-0.1, -0.05) is 13.3 Å². The van der Waals surface area contributed by atoms with Crippen LogP contribution >= 0.6 is 11.3 Å². The van der Waals surface area contributed by atoms with Gasteiger partial charge in [0.1, 0.15) is 6.61 Å². The molecule has 1 aliphatic rings. The van der Waals surface area contributed by atoms with Crippen molar-refractivity contribution >= 4 is 21.5 Å². The second-order valence-corrected chi connectivity index (χ2v) is 7.31. The molecule has 1 aromatic heterocycles. The molecule has 0 bridgehead atoms. The van der Waals surface area contributed by atoms with Gasteiger partial charge < -0.3 is 18.8 Å². The summed E-state index contributed by atoms with van der Waals surface area (Å²) in [6.45, 7) is 2.79. The second-order valence-electron chi connectivity index (χ2n) is 4.92. The Morgan fingerprint density at radius 3 is 2.82 bits per heavy atom. The molecule has 6 nitrogen and oxygen atoms in total. The third-order valence-electron chi connectivity index (χ3n) is 3.22. The molecule has 0 aromatic carbocycles. The first-order chi connectivity index (χ1) is 10.0. The van der Waals surface area contributed by atoms with E-state index in [0.717, 1.165) is 5.75 Å². The summed E-state index contributed by atoms with van der Waals surface area (Å²) in [7, 11) is -4.25. The largest absolute Gasteiger partial charge is 1.00 e. The van der Waals surface area contributed by atoms with E-state index in [2.05, 4.69) is 0 Å². The Morgan fingerprint density at radius 1 is 1.41 bits per heavy atom. The Balaban J connectivity index is 0.00000242. The molecule has 0 saturated heterocycles. The number of fused-ring (bicyclic) bond motifs is 1. The van der Waals surface area contributed by atoms with Crippen molar-refractivity contribution in [1.29, 1.82) is 0 Å². The van der Waals surface area contributed by atoms with Crippen LogP contribution in [0.5, 0.6) is 11.5 Å². The Bertz CT molecular complexity index is 544. The summed E-state index contributed by atoms with van der Waals surface area (Å²) >= 11 is 1.51. The van der Waals surface area contributed by atoms with Gasteiger partial charge in [-0.05, 0) is 12.8 Å². The van der Waals surface area contributed by atoms with Gasteiger partial charge in [0.25, 0.3) is 0 Å². The summed E-state index contributed by atoms with van der Waals surface area (Å²) in [5.41, 5.74) is 0. The van der Waals surface area contributed by atoms with Gasteiger partial charge in [0, 0.05) is 17.4 Å². The van der Waals surface area contributed by atoms with E-state index in [1.807, 2.05) is 17.7 Å². The predicted molar refractivity (Wildman–Crippen MR) is 78.1 cm³/mol. The number of hydrogen-bond donors (Lipinski definition) is 0. The van der Waals surface area contributed by atoms with Crippen LogP contribution in [0.4, 0.5) is 0 Å². The molecule has 2 rings (SSSR count). The molecular formula is C13H19NaO6S2. The minimum atomic E-state index is -4.25. The molecular weight excluding hydrogens is 339 g/mol. The summed E-state index contributed by atoms with van der Waals surface area (Å²) in [4.78, 5) is 0. The van der Waals surface area contributed by atoms with Crippen molar-refractivity contribution in [3.05, 3.63) is 10.8 Å². The van der Waals surface area contributed by atoms with Crippen LogP contribution in [0.2, 0.25) is 0 Å². The van der Waals surface area contributed by atoms with E-state index in [9.17, 15) is 13.0 Å². The molecule has 9 heteroatoms. The first-order valence-electron chi connectivity index (χ1n) is 6.88. The summed E-state index contributed by atoms with van der Waals surface area (Å²) in [6, 6.07) is 0. The molecule has 0 radical (unpaired) electrons. The van der Waals surface area contributed by atoms with Gasteiger partial charge in [-0.3, -0.25) is 0 Å². The molecule has 0 amide bonds. The number of thiophene rings is 1. The van der Waals surface area contributed by atoms with Gasteiger partial charge in [0.2, 0.25) is 0 Å². The molecule has 1 aromatic rings. The van der Waals surface area contributed by atoms with Crippen LogP contribution in [-0.4, -0.2) is 44.1 Å². The number of ether oxygens (including phenoxy) is 3. The van der Waals surface area contributed by atoms with E-state index < -0.39 is 15.4 Å². The van der Waals surface area contributed by atoms with Gasteiger partial charge in [0.15, 0.2) is 17.6 Å². The fourth-order valence-corrected chi connectivity index (χ4v) is 3.71. The molecule has 0 spiro atoms. The first-order valence-corrected chi connectivity index (χ1v) is 9.30.